The van der Waals surface area contributed by atoms with Crippen LogP contribution in [0.15, 0.2) is 12.2 Å². The van der Waals surface area contributed by atoms with Crippen molar-refractivity contribution in [3.05, 3.63) is 12.2 Å². The van der Waals surface area contributed by atoms with Crippen LogP contribution < -0.4 is 0 Å². The molecular weight excluding hydrogens is 272 g/mol. The highest BCUT2D eigenvalue weighted by atomic mass is 16.5. The van der Waals surface area contributed by atoms with Crippen LogP contribution in [0.1, 0.15) is 53.4 Å². The van der Waals surface area contributed by atoms with E-state index in [2.05, 4.69) is 6.58 Å². The van der Waals surface area contributed by atoms with E-state index in [1.807, 2.05) is 13.8 Å². The average Bonchev–Trinajstić information content (AvgIpc) is 2.39. The molecule has 3 N–H and O–H groups in total. The number of hydrogen-bond acceptors (Lipinski definition) is 5. The second-order valence-electron chi connectivity index (χ2n) is 6.33. The summed E-state index contributed by atoms with van der Waals surface area (Å²) >= 11 is 0. The summed E-state index contributed by atoms with van der Waals surface area (Å²) in [4.78, 5) is 10.7. The first-order valence-corrected chi connectivity index (χ1v) is 7.42. The van der Waals surface area contributed by atoms with Crippen molar-refractivity contribution in [2.75, 3.05) is 6.61 Å². The normalized spacial score (nSPS) is 16.1. The minimum absolute atomic E-state index is 0.00375. The van der Waals surface area contributed by atoms with E-state index in [0.717, 1.165) is 5.57 Å². The Kier molecular flexibility index (Phi) is 8.78. The topological polar surface area (TPSA) is 87.0 Å². The molecule has 0 aliphatic carbocycles. The molecule has 124 valence electrons. The first-order chi connectivity index (χ1) is 9.56. The maximum absolute atomic E-state index is 10.7. The number of hydrogen-bond donors (Lipinski definition) is 3. The van der Waals surface area contributed by atoms with Crippen LogP contribution in [0.2, 0.25) is 0 Å². The van der Waals surface area contributed by atoms with Gasteiger partial charge in [0.05, 0.1) is 18.3 Å². The highest BCUT2D eigenvalue weighted by Crippen LogP contribution is 2.34. The van der Waals surface area contributed by atoms with Gasteiger partial charge in [-0.3, -0.25) is 4.79 Å². The summed E-state index contributed by atoms with van der Waals surface area (Å²) < 4.78 is 4.75. The van der Waals surface area contributed by atoms with Gasteiger partial charge in [-0.1, -0.05) is 26.0 Å². The third kappa shape index (κ3) is 8.86. The van der Waals surface area contributed by atoms with Gasteiger partial charge in [-0.15, -0.1) is 0 Å². The van der Waals surface area contributed by atoms with Crippen LogP contribution in [0.4, 0.5) is 0 Å². The van der Waals surface area contributed by atoms with Gasteiger partial charge < -0.3 is 20.1 Å². The lowest BCUT2D eigenvalue weighted by molar-refractivity contribution is -0.144. The van der Waals surface area contributed by atoms with Crippen LogP contribution >= 0.6 is 0 Å². The minimum Gasteiger partial charge on any atom is -0.463 e. The van der Waals surface area contributed by atoms with Crippen LogP contribution in [-0.2, 0) is 9.53 Å². The molecule has 0 aliphatic heterocycles. The van der Waals surface area contributed by atoms with Crippen molar-refractivity contribution in [1.82, 2.24) is 0 Å². The Morgan fingerprint density at radius 1 is 1.24 bits per heavy atom. The zero-order chi connectivity index (χ0) is 16.6. The summed E-state index contributed by atoms with van der Waals surface area (Å²) in [5.41, 5.74) is 0.791. The van der Waals surface area contributed by atoms with Crippen molar-refractivity contribution in [3.63, 3.8) is 0 Å². The largest absolute Gasteiger partial charge is 0.463 e. The molecule has 0 aromatic heterocycles. The van der Waals surface area contributed by atoms with Crippen molar-refractivity contribution in [1.29, 1.82) is 0 Å². The molecule has 0 fully saturated rings. The molecule has 5 nitrogen and oxygen atoms in total. The monoisotopic (exact) mass is 302 g/mol. The SMILES string of the molecule is C=C(CCC(O)COC(C)=O)C(C)(C)CCC(O)C(C)O. The number of rotatable bonds is 10. The quantitative estimate of drug-likeness (QED) is 0.423. The summed E-state index contributed by atoms with van der Waals surface area (Å²) in [5, 5.41) is 28.6. The maximum Gasteiger partial charge on any atom is 0.302 e. The zero-order valence-electron chi connectivity index (χ0n) is 13.6. The number of ether oxygens (including phenoxy) is 1. The second-order valence-corrected chi connectivity index (χ2v) is 6.33. The van der Waals surface area contributed by atoms with Gasteiger partial charge in [-0.2, -0.15) is 0 Å². The van der Waals surface area contributed by atoms with Crippen LogP contribution in [0.25, 0.3) is 0 Å². The van der Waals surface area contributed by atoms with E-state index >= 15 is 0 Å². The standard InChI is InChI=1S/C16H30O5/c1-11(6-7-14(19)10-21-13(3)18)16(4,5)9-8-15(20)12(2)17/h12,14-15,17,19-20H,1,6-10H2,2-5H3. The number of aliphatic hydroxyl groups is 3. The van der Waals surface area contributed by atoms with Crippen LogP contribution in [0.3, 0.4) is 0 Å². The molecule has 21 heavy (non-hydrogen) atoms. The molecule has 0 bridgehead atoms. The molecule has 0 saturated heterocycles. The summed E-state index contributed by atoms with van der Waals surface area (Å²) in [6, 6.07) is 0. The molecule has 0 heterocycles. The summed E-state index contributed by atoms with van der Waals surface area (Å²) in [6.45, 7) is 11.0. The van der Waals surface area contributed by atoms with E-state index in [-0.39, 0.29) is 12.0 Å². The molecule has 0 amide bonds. The fourth-order valence-electron chi connectivity index (χ4n) is 1.90. The maximum atomic E-state index is 10.7. The zero-order valence-corrected chi connectivity index (χ0v) is 13.6. The van der Waals surface area contributed by atoms with E-state index in [1.54, 1.807) is 6.92 Å². The first-order valence-electron chi connectivity index (χ1n) is 7.42. The van der Waals surface area contributed by atoms with Crippen molar-refractivity contribution in [2.45, 2.75) is 71.7 Å². The Morgan fingerprint density at radius 2 is 1.81 bits per heavy atom. The smallest absolute Gasteiger partial charge is 0.302 e. The number of allylic oxidation sites excluding steroid dienone is 1. The van der Waals surface area contributed by atoms with Gasteiger partial charge in [0.1, 0.15) is 6.61 Å². The molecular formula is C16H30O5. The summed E-state index contributed by atoms with van der Waals surface area (Å²) in [6.07, 6.45) is 0.155. The molecule has 0 radical (unpaired) electrons. The van der Waals surface area contributed by atoms with E-state index < -0.39 is 24.3 Å². The van der Waals surface area contributed by atoms with Crippen LogP contribution in [0, 0.1) is 5.41 Å². The van der Waals surface area contributed by atoms with E-state index in [0.29, 0.717) is 25.7 Å². The lowest BCUT2D eigenvalue weighted by atomic mass is 9.77. The molecule has 0 aliphatic rings. The first kappa shape index (κ1) is 20.1. The Balaban J connectivity index is 4.15. The van der Waals surface area contributed by atoms with Gasteiger partial charge in [0.25, 0.3) is 0 Å². The van der Waals surface area contributed by atoms with Gasteiger partial charge in [0.15, 0.2) is 0 Å². The fourth-order valence-corrected chi connectivity index (χ4v) is 1.90. The molecule has 0 aromatic carbocycles. The summed E-state index contributed by atoms with van der Waals surface area (Å²) in [5.74, 6) is -0.402. The highest BCUT2D eigenvalue weighted by Gasteiger charge is 2.24. The van der Waals surface area contributed by atoms with E-state index in [4.69, 9.17) is 4.74 Å². The Labute approximate surface area is 127 Å². The van der Waals surface area contributed by atoms with E-state index in [1.165, 1.54) is 6.92 Å². The van der Waals surface area contributed by atoms with Crippen LogP contribution in [-0.4, -0.2) is 46.2 Å². The second kappa shape index (κ2) is 9.18. The number of esters is 1. The average molecular weight is 302 g/mol. The summed E-state index contributed by atoms with van der Waals surface area (Å²) in [7, 11) is 0. The molecule has 0 spiro atoms. The Morgan fingerprint density at radius 3 is 2.29 bits per heavy atom. The number of carbonyl (C=O) groups excluding carboxylic acids is 1. The predicted molar refractivity (Wildman–Crippen MR) is 81.7 cm³/mol. The molecule has 0 aromatic rings. The number of carbonyl (C=O) groups is 1. The highest BCUT2D eigenvalue weighted by molar-refractivity contribution is 5.65. The van der Waals surface area contributed by atoms with Gasteiger partial charge in [-0.25, -0.2) is 0 Å². The number of aliphatic hydroxyl groups excluding tert-OH is 3. The van der Waals surface area contributed by atoms with Gasteiger partial charge in [-0.05, 0) is 38.0 Å². The van der Waals surface area contributed by atoms with Crippen molar-refractivity contribution < 1.29 is 24.9 Å². The van der Waals surface area contributed by atoms with Crippen molar-refractivity contribution >= 4 is 5.97 Å². The van der Waals surface area contributed by atoms with Gasteiger partial charge in [0.2, 0.25) is 0 Å². The molecule has 5 heteroatoms. The van der Waals surface area contributed by atoms with Crippen molar-refractivity contribution in [2.24, 2.45) is 5.41 Å². The Bertz CT molecular complexity index is 336. The van der Waals surface area contributed by atoms with E-state index in [9.17, 15) is 20.1 Å². The molecule has 3 atom stereocenters. The third-order valence-corrected chi connectivity index (χ3v) is 3.84. The van der Waals surface area contributed by atoms with Gasteiger partial charge >= 0.3 is 5.97 Å². The minimum atomic E-state index is -0.736. The predicted octanol–water partition coefficient (Wildman–Crippen LogP) is 1.79. The molecule has 0 rings (SSSR count). The molecule has 3 unspecified atom stereocenters. The lowest BCUT2D eigenvalue weighted by Crippen LogP contribution is -2.26. The lowest BCUT2D eigenvalue weighted by Gasteiger charge is -2.29. The van der Waals surface area contributed by atoms with Crippen molar-refractivity contribution in [3.8, 4) is 0 Å². The van der Waals surface area contributed by atoms with Gasteiger partial charge in [0, 0.05) is 6.92 Å². The van der Waals surface area contributed by atoms with Crippen LogP contribution in [0.5, 0.6) is 0 Å². The fraction of sp³-hybridized carbons (Fsp3) is 0.812. The molecule has 0 saturated carbocycles. The third-order valence-electron chi connectivity index (χ3n) is 3.84. The Hall–Kier alpha value is -0.910.